The van der Waals surface area contributed by atoms with E-state index in [2.05, 4.69) is 231 Å². The van der Waals surface area contributed by atoms with Gasteiger partial charge in [-0.3, -0.25) is 0 Å². The molecule has 6 aromatic carbocycles. The quantitative estimate of drug-likeness (QED) is 0.177. The maximum Gasteiger partial charge on any atom is 0.253 e. The maximum absolute atomic E-state index is 5.10. The van der Waals surface area contributed by atoms with Crippen LogP contribution >= 0.6 is 0 Å². The second-order valence-electron chi connectivity index (χ2n) is 22.1. The van der Waals surface area contributed by atoms with E-state index in [4.69, 9.17) is 4.98 Å². The van der Waals surface area contributed by atoms with Gasteiger partial charge in [-0.05, 0) is 124 Å². The molecule has 4 aromatic heterocycles. The van der Waals surface area contributed by atoms with Gasteiger partial charge < -0.3 is 9.13 Å². The Hall–Kier alpha value is -6.53. The van der Waals surface area contributed by atoms with Crippen LogP contribution in [0.25, 0.3) is 83.3 Å². The fourth-order valence-electron chi connectivity index (χ4n) is 9.55. The maximum atomic E-state index is 5.10. The van der Waals surface area contributed by atoms with E-state index >= 15 is 0 Å². The molecule has 0 amide bonds. The molecule has 0 aliphatic rings. The summed E-state index contributed by atoms with van der Waals surface area (Å²) >= 11 is 0. The topological polar surface area (TPSA) is 52.9 Å². The van der Waals surface area contributed by atoms with E-state index < -0.39 is 0 Å². The molecule has 0 bridgehead atoms. The van der Waals surface area contributed by atoms with Gasteiger partial charge in [0.25, 0.3) is 5.78 Å². The highest BCUT2D eigenvalue weighted by molar-refractivity contribution is 6.11. The van der Waals surface area contributed by atoms with Crippen molar-refractivity contribution < 1.29 is 0 Å². The number of hydrogen-bond acceptors (Lipinski definition) is 3. The van der Waals surface area contributed by atoms with Crippen LogP contribution in [0.15, 0.2) is 128 Å². The van der Waals surface area contributed by atoms with E-state index in [0.29, 0.717) is 5.78 Å². The average Bonchev–Trinajstić information content (AvgIpc) is 3.94. The first-order valence-corrected chi connectivity index (χ1v) is 22.8. The lowest BCUT2D eigenvalue weighted by Crippen LogP contribution is -2.10. The first kappa shape index (κ1) is 41.5. The molecule has 6 heteroatoms. The predicted molar refractivity (Wildman–Crippen MR) is 270 cm³/mol. The van der Waals surface area contributed by atoms with Gasteiger partial charge in [-0.15, -0.1) is 0 Å². The Bertz CT molecular complexity index is 3310. The average molecular weight is 841 g/mol. The lowest BCUT2D eigenvalue weighted by molar-refractivity contribution is 0.590. The highest BCUT2D eigenvalue weighted by Gasteiger charge is 2.24. The van der Waals surface area contributed by atoms with Gasteiger partial charge in [0.15, 0.2) is 0 Å². The van der Waals surface area contributed by atoms with Crippen molar-refractivity contribution in [2.75, 3.05) is 0 Å². The van der Waals surface area contributed by atoms with E-state index in [1.165, 1.54) is 65.9 Å². The van der Waals surface area contributed by atoms with Crippen molar-refractivity contribution in [3.63, 3.8) is 0 Å². The molecule has 10 rings (SSSR count). The van der Waals surface area contributed by atoms with Crippen LogP contribution in [-0.4, -0.2) is 28.7 Å². The second kappa shape index (κ2) is 14.2. The van der Waals surface area contributed by atoms with Crippen LogP contribution in [0.1, 0.15) is 111 Å². The SMILES string of the molecule is Cc1c(-c2ccc(-n3c4ccc(C(C)(C)C)cc4c4cc(C(C)(C)C)ccc43)cc2)nc2ncnn2c1-c1ccc(-n2c3ccc(C(C)(C)C)cc3c3cc(C(C)(C)C)ccc32)cc1. The summed E-state index contributed by atoms with van der Waals surface area (Å²) in [6, 6.07) is 45.8. The molecule has 0 N–H and O–H groups in total. The summed E-state index contributed by atoms with van der Waals surface area (Å²) in [6.07, 6.45) is 1.60. The van der Waals surface area contributed by atoms with Gasteiger partial charge in [-0.25, -0.2) is 4.98 Å². The summed E-state index contributed by atoms with van der Waals surface area (Å²) in [6.45, 7) is 29.6. The summed E-state index contributed by atoms with van der Waals surface area (Å²) < 4.78 is 6.70. The Kier molecular flexibility index (Phi) is 9.23. The van der Waals surface area contributed by atoms with E-state index in [1.807, 2.05) is 4.52 Å². The zero-order valence-electron chi connectivity index (χ0n) is 39.8. The molecule has 322 valence electrons. The molecule has 0 spiro atoms. The summed E-state index contributed by atoms with van der Waals surface area (Å²) in [7, 11) is 0. The molecule has 10 aromatic rings. The number of fused-ring (bicyclic) bond motifs is 7. The van der Waals surface area contributed by atoms with Crippen LogP contribution in [0.5, 0.6) is 0 Å². The van der Waals surface area contributed by atoms with E-state index in [1.54, 1.807) is 6.33 Å². The highest BCUT2D eigenvalue weighted by Crippen LogP contribution is 2.41. The van der Waals surface area contributed by atoms with Crippen molar-refractivity contribution in [3.05, 3.63) is 155 Å². The number of rotatable bonds is 4. The van der Waals surface area contributed by atoms with Crippen molar-refractivity contribution in [2.45, 2.75) is 112 Å². The Morgan fingerprint density at radius 2 is 0.750 bits per heavy atom. The van der Waals surface area contributed by atoms with Crippen LogP contribution in [-0.2, 0) is 21.7 Å². The normalized spacial score (nSPS) is 13.1. The van der Waals surface area contributed by atoms with Gasteiger partial charge in [-0.1, -0.05) is 132 Å². The fraction of sp³-hybridized carbons (Fsp3) is 0.293. The standard InChI is InChI=1S/C58H60N6/c1-35-52(36-14-22-42(23-15-36)62-48-26-18-38(55(2,3)4)30-44(48)45-31-39(56(5,6)7)19-27-49(45)62)61-54-59-34-60-64(54)53(35)37-16-24-43(25-17-37)63-50-28-20-40(57(8,9)10)32-46(50)47-33-41(58(11,12)13)21-29-51(47)63/h14-34H,1-13H3. The zero-order chi connectivity index (χ0) is 45.2. The number of hydrogen-bond donors (Lipinski definition) is 0. The lowest BCUT2D eigenvalue weighted by atomic mass is 9.85. The minimum atomic E-state index is 0.0434. The van der Waals surface area contributed by atoms with Crippen molar-refractivity contribution in [3.8, 4) is 33.9 Å². The molecule has 0 aliphatic heterocycles. The summed E-state index contributed by atoms with van der Waals surface area (Å²) in [5.74, 6) is 0.571. The molecule has 0 fully saturated rings. The molecule has 0 saturated carbocycles. The minimum Gasteiger partial charge on any atom is -0.309 e. The predicted octanol–water partition coefficient (Wildman–Crippen LogP) is 15.2. The second-order valence-corrected chi connectivity index (χ2v) is 22.1. The largest absolute Gasteiger partial charge is 0.309 e. The molecule has 0 unspecified atom stereocenters. The Labute approximate surface area is 377 Å². The van der Waals surface area contributed by atoms with E-state index in [9.17, 15) is 0 Å². The molecular formula is C58H60N6. The first-order valence-electron chi connectivity index (χ1n) is 22.8. The fourth-order valence-corrected chi connectivity index (χ4v) is 9.55. The lowest BCUT2D eigenvalue weighted by Gasteiger charge is -2.19. The molecule has 0 atom stereocenters. The van der Waals surface area contributed by atoms with Crippen molar-refractivity contribution in [2.24, 2.45) is 0 Å². The van der Waals surface area contributed by atoms with Crippen LogP contribution in [0.4, 0.5) is 0 Å². The smallest absolute Gasteiger partial charge is 0.253 e. The molecule has 0 saturated heterocycles. The Morgan fingerprint density at radius 1 is 0.406 bits per heavy atom. The Balaban J connectivity index is 1.07. The molecule has 4 heterocycles. The highest BCUT2D eigenvalue weighted by atomic mass is 15.3. The van der Waals surface area contributed by atoms with Crippen LogP contribution in [0.2, 0.25) is 0 Å². The summed E-state index contributed by atoms with van der Waals surface area (Å²) in [5, 5.41) is 9.81. The van der Waals surface area contributed by atoms with Crippen molar-refractivity contribution >= 4 is 49.4 Å². The van der Waals surface area contributed by atoms with Gasteiger partial charge in [-0.2, -0.15) is 14.6 Å². The monoisotopic (exact) mass is 840 g/mol. The molecule has 0 radical (unpaired) electrons. The van der Waals surface area contributed by atoms with Gasteiger partial charge in [0.1, 0.15) is 6.33 Å². The molecule has 64 heavy (non-hydrogen) atoms. The number of benzene rings is 6. The van der Waals surface area contributed by atoms with E-state index in [-0.39, 0.29) is 21.7 Å². The van der Waals surface area contributed by atoms with Crippen molar-refractivity contribution in [1.29, 1.82) is 0 Å². The summed E-state index contributed by atoms with van der Waals surface area (Å²) in [4.78, 5) is 9.72. The third-order valence-electron chi connectivity index (χ3n) is 13.5. The summed E-state index contributed by atoms with van der Waals surface area (Å²) in [5.41, 5.74) is 17.6. The third-order valence-corrected chi connectivity index (χ3v) is 13.5. The first-order chi connectivity index (χ1) is 30.2. The molecular weight excluding hydrogens is 781 g/mol. The zero-order valence-corrected chi connectivity index (χ0v) is 39.8. The molecule has 0 aliphatic carbocycles. The van der Waals surface area contributed by atoms with Gasteiger partial charge in [0.05, 0.1) is 33.5 Å². The number of nitrogens with zero attached hydrogens (tertiary/aromatic N) is 6. The van der Waals surface area contributed by atoms with Crippen molar-refractivity contribution in [1.82, 2.24) is 28.7 Å². The minimum absolute atomic E-state index is 0.0434. The van der Waals surface area contributed by atoms with Crippen LogP contribution in [0, 0.1) is 6.92 Å². The number of aromatic nitrogens is 6. The van der Waals surface area contributed by atoms with Crippen LogP contribution in [0.3, 0.4) is 0 Å². The van der Waals surface area contributed by atoms with E-state index in [0.717, 1.165) is 39.5 Å². The molecule has 6 nitrogen and oxygen atoms in total. The van der Waals surface area contributed by atoms with Crippen LogP contribution < -0.4 is 0 Å². The van der Waals surface area contributed by atoms with Gasteiger partial charge in [0, 0.05) is 49.6 Å². The van der Waals surface area contributed by atoms with Gasteiger partial charge >= 0.3 is 0 Å². The third kappa shape index (κ3) is 6.81. The van der Waals surface area contributed by atoms with Gasteiger partial charge in [0.2, 0.25) is 0 Å². The Morgan fingerprint density at radius 3 is 1.09 bits per heavy atom.